The second-order valence-corrected chi connectivity index (χ2v) is 10.2. The molecular formula is C32H36N4O6. The van der Waals surface area contributed by atoms with Gasteiger partial charge in [0.1, 0.15) is 18.0 Å². The van der Waals surface area contributed by atoms with Gasteiger partial charge in [0.05, 0.1) is 43.8 Å². The Balaban J connectivity index is 1.44. The molecule has 42 heavy (non-hydrogen) atoms. The van der Waals surface area contributed by atoms with Crippen molar-refractivity contribution in [3.63, 3.8) is 0 Å². The maximum atomic E-state index is 13.2. The van der Waals surface area contributed by atoms with Gasteiger partial charge in [0.25, 0.3) is 0 Å². The van der Waals surface area contributed by atoms with Crippen molar-refractivity contribution in [2.45, 2.75) is 32.4 Å². The molecule has 1 amide bonds. The molecule has 1 fully saturated rings. The Morgan fingerprint density at radius 1 is 1.12 bits per heavy atom. The largest absolute Gasteiger partial charge is 0.491 e. The molecule has 3 heterocycles. The Hall–Kier alpha value is -4.41. The van der Waals surface area contributed by atoms with Crippen LogP contribution in [0.2, 0.25) is 0 Å². The summed E-state index contributed by atoms with van der Waals surface area (Å²) < 4.78 is 17.9. The van der Waals surface area contributed by atoms with Crippen LogP contribution < -0.4 is 15.4 Å². The number of hydrogen-bond donors (Lipinski definition) is 3. The van der Waals surface area contributed by atoms with Crippen LogP contribution in [0.25, 0.3) is 11.0 Å². The summed E-state index contributed by atoms with van der Waals surface area (Å²) in [6.45, 7) is 2.13. The predicted octanol–water partition coefficient (Wildman–Crippen LogP) is 4.41. The number of methoxy groups -OCH3 is 1. The molecule has 5 rings (SSSR count). The first-order valence-corrected chi connectivity index (χ1v) is 14.2. The molecule has 1 atom stereocenters. The number of ether oxygens (including phenoxy) is 3. The van der Waals surface area contributed by atoms with Crippen molar-refractivity contribution in [1.29, 1.82) is 0 Å². The van der Waals surface area contributed by atoms with E-state index in [0.29, 0.717) is 55.2 Å². The zero-order valence-electron chi connectivity index (χ0n) is 23.7. The van der Waals surface area contributed by atoms with E-state index in [1.54, 1.807) is 6.20 Å². The van der Waals surface area contributed by atoms with Gasteiger partial charge in [0.15, 0.2) is 5.69 Å². The number of pyridine rings is 1. The SMILES string of the molecule is COC(=O)c1c(NC(=O)C2CCOC2)c2cc(NCc3ccc(OCCO)cc3)cnc2n1CCCc1ccccc1. The second kappa shape index (κ2) is 14.0. The van der Waals surface area contributed by atoms with Gasteiger partial charge in [-0.25, -0.2) is 9.78 Å². The lowest BCUT2D eigenvalue weighted by atomic mass is 10.1. The molecule has 0 radical (unpaired) electrons. The number of carbonyl (C=O) groups is 2. The molecule has 220 valence electrons. The molecule has 0 saturated carbocycles. The lowest BCUT2D eigenvalue weighted by Gasteiger charge is -2.12. The molecule has 2 aromatic carbocycles. The second-order valence-electron chi connectivity index (χ2n) is 10.2. The molecule has 10 heteroatoms. The summed E-state index contributed by atoms with van der Waals surface area (Å²) in [5.74, 6) is -0.329. The van der Waals surface area contributed by atoms with Gasteiger partial charge in [-0.1, -0.05) is 42.5 Å². The third kappa shape index (κ3) is 6.89. The van der Waals surface area contributed by atoms with E-state index in [1.165, 1.54) is 12.7 Å². The number of aromatic nitrogens is 2. The number of amides is 1. The summed E-state index contributed by atoms with van der Waals surface area (Å²) in [6, 6.07) is 19.7. The van der Waals surface area contributed by atoms with Crippen molar-refractivity contribution in [3.05, 3.63) is 83.7 Å². The fourth-order valence-electron chi connectivity index (χ4n) is 5.10. The molecule has 3 N–H and O–H groups in total. The van der Waals surface area contributed by atoms with Crippen molar-refractivity contribution in [1.82, 2.24) is 9.55 Å². The number of carbonyl (C=O) groups excluding carboxylic acids is 2. The average Bonchev–Trinajstić information content (AvgIpc) is 3.67. The number of nitrogens with zero attached hydrogens (tertiary/aromatic N) is 2. The highest BCUT2D eigenvalue weighted by Crippen LogP contribution is 2.34. The van der Waals surface area contributed by atoms with E-state index >= 15 is 0 Å². The number of anilines is 2. The van der Waals surface area contributed by atoms with Gasteiger partial charge in [0, 0.05) is 25.1 Å². The maximum absolute atomic E-state index is 13.2. The Bertz CT molecular complexity index is 1500. The third-order valence-electron chi connectivity index (χ3n) is 7.30. The Morgan fingerprint density at radius 3 is 2.64 bits per heavy atom. The number of hydrogen-bond acceptors (Lipinski definition) is 8. The van der Waals surface area contributed by atoms with Crippen molar-refractivity contribution in [2.75, 3.05) is 44.2 Å². The van der Waals surface area contributed by atoms with E-state index in [0.717, 1.165) is 24.1 Å². The van der Waals surface area contributed by atoms with Gasteiger partial charge >= 0.3 is 5.97 Å². The highest BCUT2D eigenvalue weighted by molar-refractivity contribution is 6.11. The van der Waals surface area contributed by atoms with E-state index in [-0.39, 0.29) is 30.7 Å². The molecule has 0 bridgehead atoms. The molecule has 1 aliphatic heterocycles. The topological polar surface area (TPSA) is 124 Å². The van der Waals surface area contributed by atoms with Crippen LogP contribution in [0.15, 0.2) is 66.9 Å². The van der Waals surface area contributed by atoms with Crippen LogP contribution in [0.4, 0.5) is 11.4 Å². The Labute approximate surface area is 244 Å². The Morgan fingerprint density at radius 2 is 1.93 bits per heavy atom. The minimum atomic E-state index is -0.538. The van der Waals surface area contributed by atoms with Crippen LogP contribution in [0, 0.1) is 5.92 Å². The third-order valence-corrected chi connectivity index (χ3v) is 7.30. The molecular weight excluding hydrogens is 536 g/mol. The summed E-state index contributed by atoms with van der Waals surface area (Å²) in [5.41, 5.74) is 4.23. The van der Waals surface area contributed by atoms with Crippen molar-refractivity contribution in [2.24, 2.45) is 5.92 Å². The lowest BCUT2D eigenvalue weighted by molar-refractivity contribution is -0.119. The molecule has 0 spiro atoms. The number of rotatable bonds is 13. The van der Waals surface area contributed by atoms with Gasteiger partial charge in [-0.2, -0.15) is 0 Å². The summed E-state index contributed by atoms with van der Waals surface area (Å²) >= 11 is 0. The predicted molar refractivity (Wildman–Crippen MR) is 160 cm³/mol. The molecule has 2 aromatic heterocycles. The summed E-state index contributed by atoms with van der Waals surface area (Å²) in [6.07, 6.45) is 3.95. The fourth-order valence-corrected chi connectivity index (χ4v) is 5.10. The average molecular weight is 573 g/mol. The number of esters is 1. The lowest BCUT2D eigenvalue weighted by Crippen LogP contribution is -2.24. The van der Waals surface area contributed by atoms with E-state index in [2.05, 4.69) is 22.8 Å². The number of aryl methyl sites for hydroxylation is 2. The highest BCUT2D eigenvalue weighted by Gasteiger charge is 2.29. The Kier molecular flexibility index (Phi) is 9.68. The standard InChI is InChI=1S/C32H36N4O6/c1-40-32(39)29-28(35-31(38)24-13-16-41-21-24)27-18-25(33-19-23-9-11-26(12-10-23)42-17-15-37)20-34-30(27)36(29)14-5-8-22-6-3-2-4-7-22/h2-4,6-7,9-12,18,20,24,33,37H,5,8,13-17,19,21H2,1H3,(H,35,38). The van der Waals surface area contributed by atoms with Gasteiger partial charge < -0.3 is 34.5 Å². The first-order valence-electron chi connectivity index (χ1n) is 14.2. The van der Waals surface area contributed by atoms with Crippen LogP contribution in [0.3, 0.4) is 0 Å². The zero-order valence-corrected chi connectivity index (χ0v) is 23.7. The normalized spacial score (nSPS) is 14.6. The molecule has 0 aliphatic carbocycles. The van der Waals surface area contributed by atoms with Crippen molar-refractivity contribution in [3.8, 4) is 5.75 Å². The smallest absolute Gasteiger partial charge is 0.356 e. The fraction of sp³-hybridized carbons (Fsp3) is 0.344. The van der Waals surface area contributed by atoms with E-state index < -0.39 is 5.97 Å². The number of benzene rings is 2. The molecule has 1 aliphatic rings. The number of fused-ring (bicyclic) bond motifs is 1. The van der Waals surface area contributed by atoms with Crippen LogP contribution in [-0.2, 0) is 33.8 Å². The van der Waals surface area contributed by atoms with E-state index in [4.69, 9.17) is 24.3 Å². The molecule has 1 saturated heterocycles. The number of aliphatic hydroxyl groups excluding tert-OH is 1. The van der Waals surface area contributed by atoms with Gasteiger partial charge in [-0.05, 0) is 48.6 Å². The monoisotopic (exact) mass is 572 g/mol. The van der Waals surface area contributed by atoms with Crippen molar-refractivity contribution >= 4 is 34.3 Å². The molecule has 1 unspecified atom stereocenters. The minimum Gasteiger partial charge on any atom is -0.491 e. The van der Waals surface area contributed by atoms with Crippen molar-refractivity contribution < 1.29 is 28.9 Å². The highest BCUT2D eigenvalue weighted by atomic mass is 16.5. The zero-order chi connectivity index (χ0) is 29.3. The first-order chi connectivity index (χ1) is 20.6. The van der Waals surface area contributed by atoms with E-state index in [1.807, 2.05) is 53.1 Å². The summed E-state index contributed by atoms with van der Waals surface area (Å²) in [7, 11) is 1.34. The molecule has 4 aromatic rings. The minimum absolute atomic E-state index is 0.0396. The first kappa shape index (κ1) is 29.1. The number of nitrogens with one attached hydrogen (secondary N) is 2. The van der Waals surface area contributed by atoms with Crippen LogP contribution in [0.1, 0.15) is 34.5 Å². The van der Waals surface area contributed by atoms with Gasteiger partial charge in [-0.15, -0.1) is 0 Å². The molecule has 10 nitrogen and oxygen atoms in total. The van der Waals surface area contributed by atoms with Crippen LogP contribution in [-0.4, -0.2) is 60.1 Å². The quantitative estimate of drug-likeness (QED) is 0.201. The van der Waals surface area contributed by atoms with Crippen LogP contribution >= 0.6 is 0 Å². The summed E-state index contributed by atoms with van der Waals surface area (Å²) in [5, 5.41) is 16.0. The summed E-state index contributed by atoms with van der Waals surface area (Å²) in [4.78, 5) is 31.1. The maximum Gasteiger partial charge on any atom is 0.356 e. The van der Waals surface area contributed by atoms with E-state index in [9.17, 15) is 9.59 Å². The van der Waals surface area contributed by atoms with Gasteiger partial charge in [0.2, 0.25) is 5.91 Å². The number of aliphatic hydroxyl groups is 1. The van der Waals surface area contributed by atoms with Gasteiger partial charge in [-0.3, -0.25) is 4.79 Å². The van der Waals surface area contributed by atoms with Crippen LogP contribution in [0.5, 0.6) is 5.75 Å².